The minimum Gasteiger partial charge on any atom is -0.504 e. The minimum absolute atomic E-state index is 0.0418. The number of H-pyrrole nitrogens is 1. The van der Waals surface area contributed by atoms with Crippen LogP contribution in [0.4, 0.5) is 0 Å². The van der Waals surface area contributed by atoms with Gasteiger partial charge in [0.25, 0.3) is 0 Å². The molecule has 0 bridgehead atoms. The maximum absolute atomic E-state index is 9.97. The lowest BCUT2D eigenvalue weighted by molar-refractivity contribution is 0.373. The Morgan fingerprint density at radius 2 is 2.08 bits per heavy atom. The molecule has 2 heterocycles. The Balaban J connectivity index is 1.80. The van der Waals surface area contributed by atoms with Crippen molar-refractivity contribution in [2.75, 3.05) is 7.11 Å². The quantitative estimate of drug-likeness (QED) is 0.536. The smallest absolute Gasteiger partial charge is 0.205 e. The lowest BCUT2D eigenvalue weighted by Crippen LogP contribution is -2.07. The fourth-order valence-electron chi connectivity index (χ4n) is 2.74. The standard InChI is InChI=1S/C18H14N2O3S/c1-22-15-7-6-11(9-13(15)21)16-19-17-12(18(24)20-16)8-10-4-2-3-5-14(10)23-17/h2-7,9,21H,8H2,1H3,(H,19,20,24). The van der Waals surface area contributed by atoms with E-state index < -0.39 is 0 Å². The van der Waals surface area contributed by atoms with E-state index in [1.54, 1.807) is 18.2 Å². The minimum atomic E-state index is 0.0418. The number of hydrogen-bond donors (Lipinski definition) is 2. The molecule has 0 radical (unpaired) electrons. The molecule has 3 aromatic rings. The predicted octanol–water partition coefficient (Wildman–Crippen LogP) is 4.22. The number of aromatic nitrogens is 2. The Morgan fingerprint density at radius 3 is 2.88 bits per heavy atom. The number of phenolic OH excluding ortho intramolecular Hbond substituents is 1. The van der Waals surface area contributed by atoms with Crippen LogP contribution in [0, 0.1) is 4.64 Å². The molecule has 0 unspecified atom stereocenters. The van der Waals surface area contributed by atoms with E-state index in [-0.39, 0.29) is 5.75 Å². The highest BCUT2D eigenvalue weighted by Gasteiger charge is 2.20. The van der Waals surface area contributed by atoms with E-state index in [0.29, 0.717) is 34.1 Å². The zero-order valence-electron chi connectivity index (χ0n) is 12.9. The van der Waals surface area contributed by atoms with E-state index in [1.807, 2.05) is 24.3 Å². The number of benzene rings is 2. The summed E-state index contributed by atoms with van der Waals surface area (Å²) in [6.45, 7) is 0. The zero-order chi connectivity index (χ0) is 16.7. The first-order valence-corrected chi connectivity index (χ1v) is 7.83. The molecule has 1 aromatic heterocycles. The number of phenols is 1. The van der Waals surface area contributed by atoms with Gasteiger partial charge in [-0.1, -0.05) is 30.4 Å². The molecule has 0 saturated heterocycles. The zero-order valence-corrected chi connectivity index (χ0v) is 13.7. The number of nitrogens with one attached hydrogen (secondary N) is 1. The average Bonchev–Trinajstić information content (AvgIpc) is 2.60. The second-order valence-corrected chi connectivity index (χ2v) is 5.86. The third kappa shape index (κ3) is 2.41. The van der Waals surface area contributed by atoms with Gasteiger partial charge in [-0.2, -0.15) is 0 Å². The van der Waals surface area contributed by atoms with Crippen molar-refractivity contribution in [3.63, 3.8) is 0 Å². The Kier molecular flexibility index (Phi) is 3.46. The van der Waals surface area contributed by atoms with Gasteiger partial charge < -0.3 is 19.6 Å². The van der Waals surface area contributed by atoms with Crippen LogP contribution in [0.3, 0.4) is 0 Å². The molecule has 6 heteroatoms. The molecule has 5 nitrogen and oxygen atoms in total. The van der Waals surface area contributed by atoms with Crippen LogP contribution < -0.4 is 9.47 Å². The molecule has 1 aliphatic heterocycles. The first kappa shape index (κ1) is 14.7. The van der Waals surface area contributed by atoms with Crippen molar-refractivity contribution < 1.29 is 14.6 Å². The summed E-state index contributed by atoms with van der Waals surface area (Å²) in [7, 11) is 1.50. The number of fused-ring (bicyclic) bond motifs is 2. The van der Waals surface area contributed by atoms with Crippen molar-refractivity contribution in [2.24, 2.45) is 0 Å². The summed E-state index contributed by atoms with van der Waals surface area (Å²) < 4.78 is 11.5. The van der Waals surface area contributed by atoms with Crippen LogP contribution in [-0.2, 0) is 6.42 Å². The summed E-state index contributed by atoms with van der Waals surface area (Å²) in [4.78, 5) is 7.63. The fourth-order valence-corrected chi connectivity index (χ4v) is 3.00. The number of methoxy groups -OCH3 is 1. The number of nitrogens with zero attached hydrogens (tertiary/aromatic N) is 1. The van der Waals surface area contributed by atoms with Gasteiger partial charge in [-0.05, 0) is 29.8 Å². The first-order chi connectivity index (χ1) is 11.7. The molecule has 120 valence electrons. The van der Waals surface area contributed by atoms with Crippen LogP contribution in [0.25, 0.3) is 11.4 Å². The summed E-state index contributed by atoms with van der Waals surface area (Å²) in [5.74, 6) is 2.39. The molecule has 0 spiro atoms. The maximum atomic E-state index is 9.97. The molecule has 4 rings (SSSR count). The summed E-state index contributed by atoms with van der Waals surface area (Å²) in [6.07, 6.45) is 0.683. The largest absolute Gasteiger partial charge is 0.504 e. The number of aromatic amines is 1. The van der Waals surface area contributed by atoms with E-state index in [1.165, 1.54) is 7.11 Å². The molecular formula is C18H14N2O3S. The highest BCUT2D eigenvalue weighted by atomic mass is 32.1. The molecule has 2 N–H and O–H groups in total. The highest BCUT2D eigenvalue weighted by Crippen LogP contribution is 2.37. The van der Waals surface area contributed by atoms with Gasteiger partial charge in [0.05, 0.1) is 12.7 Å². The van der Waals surface area contributed by atoms with E-state index in [2.05, 4.69) is 9.97 Å². The van der Waals surface area contributed by atoms with Crippen molar-refractivity contribution in [3.8, 4) is 34.5 Å². The lowest BCUT2D eigenvalue weighted by atomic mass is 10.0. The molecule has 0 saturated carbocycles. The summed E-state index contributed by atoms with van der Waals surface area (Å²) in [6, 6.07) is 12.9. The van der Waals surface area contributed by atoms with Gasteiger partial charge >= 0.3 is 0 Å². The second kappa shape index (κ2) is 5.65. The fraction of sp³-hybridized carbons (Fsp3) is 0.111. The topological polar surface area (TPSA) is 67.4 Å². The normalized spacial score (nSPS) is 12.0. The van der Waals surface area contributed by atoms with Crippen molar-refractivity contribution in [3.05, 3.63) is 58.2 Å². The number of rotatable bonds is 2. The third-order valence-corrected chi connectivity index (χ3v) is 4.32. The van der Waals surface area contributed by atoms with Crippen LogP contribution in [0.15, 0.2) is 42.5 Å². The Hall–Kier alpha value is -2.86. The molecular weight excluding hydrogens is 324 g/mol. The molecule has 0 atom stereocenters. The van der Waals surface area contributed by atoms with Crippen molar-refractivity contribution >= 4 is 12.2 Å². The van der Waals surface area contributed by atoms with Gasteiger partial charge in [0.2, 0.25) is 5.88 Å². The molecule has 0 aliphatic carbocycles. The van der Waals surface area contributed by atoms with Crippen LogP contribution in [0.5, 0.6) is 23.1 Å². The molecule has 1 aliphatic rings. The highest BCUT2D eigenvalue weighted by molar-refractivity contribution is 7.71. The average molecular weight is 338 g/mol. The van der Waals surface area contributed by atoms with Gasteiger partial charge in [-0.25, -0.2) is 4.98 Å². The Labute approximate surface area is 143 Å². The summed E-state index contributed by atoms with van der Waals surface area (Å²) in [5.41, 5.74) is 2.65. The number of aromatic hydroxyl groups is 1. The lowest BCUT2D eigenvalue weighted by Gasteiger charge is -2.20. The first-order valence-electron chi connectivity index (χ1n) is 7.42. The molecule has 0 fully saturated rings. The van der Waals surface area contributed by atoms with Crippen molar-refractivity contribution in [1.82, 2.24) is 9.97 Å². The predicted molar refractivity (Wildman–Crippen MR) is 92.4 cm³/mol. The maximum Gasteiger partial charge on any atom is 0.205 e. The van der Waals surface area contributed by atoms with E-state index >= 15 is 0 Å². The van der Waals surface area contributed by atoms with Crippen molar-refractivity contribution in [2.45, 2.75) is 6.42 Å². The van der Waals surface area contributed by atoms with Crippen LogP contribution in [0.2, 0.25) is 0 Å². The van der Waals surface area contributed by atoms with Gasteiger partial charge in [-0.15, -0.1) is 0 Å². The molecule has 0 amide bonds. The molecule has 24 heavy (non-hydrogen) atoms. The van der Waals surface area contributed by atoms with Crippen LogP contribution in [0.1, 0.15) is 11.1 Å². The number of ether oxygens (including phenoxy) is 2. The summed E-state index contributed by atoms with van der Waals surface area (Å²) >= 11 is 5.44. The van der Waals surface area contributed by atoms with E-state index in [0.717, 1.165) is 16.9 Å². The van der Waals surface area contributed by atoms with Crippen LogP contribution in [-0.4, -0.2) is 22.2 Å². The Morgan fingerprint density at radius 1 is 1.25 bits per heavy atom. The van der Waals surface area contributed by atoms with Gasteiger partial charge in [-0.3, -0.25) is 0 Å². The van der Waals surface area contributed by atoms with Gasteiger partial charge in [0.15, 0.2) is 11.5 Å². The molecule has 2 aromatic carbocycles. The van der Waals surface area contributed by atoms with E-state index in [4.69, 9.17) is 21.7 Å². The van der Waals surface area contributed by atoms with E-state index in [9.17, 15) is 5.11 Å². The van der Waals surface area contributed by atoms with Crippen LogP contribution >= 0.6 is 12.2 Å². The number of para-hydroxylation sites is 1. The third-order valence-electron chi connectivity index (χ3n) is 3.98. The second-order valence-electron chi connectivity index (χ2n) is 5.47. The number of hydrogen-bond acceptors (Lipinski definition) is 5. The van der Waals surface area contributed by atoms with Gasteiger partial charge in [0.1, 0.15) is 16.2 Å². The monoisotopic (exact) mass is 338 g/mol. The van der Waals surface area contributed by atoms with Crippen molar-refractivity contribution in [1.29, 1.82) is 0 Å². The Bertz CT molecular complexity index is 998. The van der Waals surface area contributed by atoms with Gasteiger partial charge in [0, 0.05) is 12.0 Å². The summed E-state index contributed by atoms with van der Waals surface area (Å²) in [5, 5.41) is 9.97. The SMILES string of the molecule is COc1ccc(-c2nc(=S)c3c([nH]2)Oc2ccccc2C3)cc1O.